The molecule has 2 aromatic rings. The molecule has 0 radical (unpaired) electrons. The highest BCUT2D eigenvalue weighted by molar-refractivity contribution is 5.92. The minimum absolute atomic E-state index is 0.409. The number of ether oxygens (including phenoxy) is 1. The van der Waals surface area contributed by atoms with Crippen molar-refractivity contribution < 1.29 is 4.74 Å². The van der Waals surface area contributed by atoms with Gasteiger partial charge in [-0.3, -0.25) is 0 Å². The third-order valence-electron chi connectivity index (χ3n) is 4.70. The van der Waals surface area contributed by atoms with Crippen molar-refractivity contribution in [2.24, 2.45) is 5.92 Å². The average Bonchev–Trinajstić information content (AvgIpc) is 2.99. The second kappa shape index (κ2) is 3.48. The lowest BCUT2D eigenvalue weighted by Gasteiger charge is -2.17. The van der Waals surface area contributed by atoms with E-state index in [4.69, 9.17) is 4.74 Å². The molecule has 1 aliphatic carbocycles. The Morgan fingerprint density at radius 1 is 1.17 bits per heavy atom. The van der Waals surface area contributed by atoms with Crippen molar-refractivity contribution in [1.29, 1.82) is 0 Å². The summed E-state index contributed by atoms with van der Waals surface area (Å²) in [4.78, 5) is 0. The van der Waals surface area contributed by atoms with Crippen LogP contribution in [0.25, 0.3) is 10.8 Å². The molecule has 2 nitrogen and oxygen atoms in total. The fourth-order valence-corrected chi connectivity index (χ4v) is 3.64. The summed E-state index contributed by atoms with van der Waals surface area (Å²) in [6.45, 7) is 2.31. The second-order valence-electron chi connectivity index (χ2n) is 5.55. The fraction of sp³-hybridized carbons (Fsp3) is 0.375. The number of rotatable bonds is 2. The monoisotopic (exact) mass is 239 g/mol. The van der Waals surface area contributed by atoms with E-state index in [1.54, 1.807) is 7.11 Å². The van der Waals surface area contributed by atoms with E-state index in [-0.39, 0.29) is 0 Å². The molecular weight excluding hydrogens is 222 g/mol. The highest BCUT2D eigenvalue weighted by Crippen LogP contribution is 2.58. The van der Waals surface area contributed by atoms with Crippen molar-refractivity contribution in [2.45, 2.75) is 11.8 Å². The molecule has 0 spiro atoms. The predicted molar refractivity (Wildman–Crippen MR) is 73.2 cm³/mol. The van der Waals surface area contributed by atoms with Gasteiger partial charge in [-0.1, -0.05) is 30.3 Å². The highest BCUT2D eigenvalue weighted by atomic mass is 16.5. The maximum absolute atomic E-state index is 5.48. The molecule has 4 rings (SSSR count). The van der Waals surface area contributed by atoms with Crippen molar-refractivity contribution in [3.8, 4) is 5.75 Å². The summed E-state index contributed by atoms with van der Waals surface area (Å²) in [5, 5.41) is 6.13. The van der Waals surface area contributed by atoms with Gasteiger partial charge >= 0.3 is 0 Å². The van der Waals surface area contributed by atoms with Gasteiger partial charge in [0.1, 0.15) is 5.75 Å². The smallest absolute Gasteiger partial charge is 0.126 e. The molecule has 2 unspecified atom stereocenters. The van der Waals surface area contributed by atoms with E-state index in [1.807, 2.05) is 0 Å². The van der Waals surface area contributed by atoms with Crippen LogP contribution in [-0.4, -0.2) is 20.2 Å². The Balaban J connectivity index is 1.97. The van der Waals surface area contributed by atoms with Gasteiger partial charge in [-0.15, -0.1) is 0 Å². The van der Waals surface area contributed by atoms with Gasteiger partial charge in [-0.25, -0.2) is 0 Å². The van der Waals surface area contributed by atoms with Gasteiger partial charge in [0.2, 0.25) is 0 Å². The standard InChI is InChI=1S/C16H17NO/c1-18-15-7-6-14(12-4-2-3-5-13(12)15)16-8-11(16)9-17-10-16/h2-7,11,17H,8-10H2,1H3. The molecule has 18 heavy (non-hydrogen) atoms. The van der Waals surface area contributed by atoms with E-state index in [1.165, 1.54) is 29.3 Å². The summed E-state index contributed by atoms with van der Waals surface area (Å²) in [5.74, 6) is 1.82. The van der Waals surface area contributed by atoms with E-state index in [2.05, 4.69) is 41.7 Å². The second-order valence-corrected chi connectivity index (χ2v) is 5.55. The van der Waals surface area contributed by atoms with Crippen LogP contribution in [0.2, 0.25) is 0 Å². The number of hydrogen-bond acceptors (Lipinski definition) is 2. The first-order chi connectivity index (χ1) is 8.85. The van der Waals surface area contributed by atoms with Gasteiger partial charge < -0.3 is 10.1 Å². The number of benzene rings is 2. The maximum Gasteiger partial charge on any atom is 0.126 e. The molecule has 1 aliphatic heterocycles. The largest absolute Gasteiger partial charge is 0.496 e. The van der Waals surface area contributed by atoms with Crippen LogP contribution in [0, 0.1) is 5.92 Å². The van der Waals surface area contributed by atoms with Gasteiger partial charge in [0.15, 0.2) is 0 Å². The van der Waals surface area contributed by atoms with Gasteiger partial charge in [0, 0.05) is 17.3 Å². The van der Waals surface area contributed by atoms with Crippen LogP contribution in [0.4, 0.5) is 0 Å². The van der Waals surface area contributed by atoms with Crippen molar-refractivity contribution in [3.05, 3.63) is 42.0 Å². The first-order valence-corrected chi connectivity index (χ1v) is 6.62. The topological polar surface area (TPSA) is 21.3 Å². The lowest BCUT2D eigenvalue weighted by molar-refractivity contribution is 0.419. The summed E-state index contributed by atoms with van der Waals surface area (Å²) < 4.78 is 5.48. The van der Waals surface area contributed by atoms with E-state index in [0.29, 0.717) is 5.41 Å². The first-order valence-electron chi connectivity index (χ1n) is 6.62. The number of methoxy groups -OCH3 is 1. The number of nitrogens with one attached hydrogen (secondary N) is 1. The molecule has 0 aromatic heterocycles. The number of fused-ring (bicyclic) bond motifs is 2. The molecule has 0 amide bonds. The molecule has 92 valence electrons. The van der Waals surface area contributed by atoms with Crippen LogP contribution in [-0.2, 0) is 5.41 Å². The normalized spacial score (nSPS) is 29.3. The van der Waals surface area contributed by atoms with Gasteiger partial charge in [0.25, 0.3) is 0 Å². The lowest BCUT2D eigenvalue weighted by atomic mass is 9.90. The molecule has 2 aromatic carbocycles. The Hall–Kier alpha value is -1.54. The van der Waals surface area contributed by atoms with Gasteiger partial charge in [-0.2, -0.15) is 0 Å². The molecule has 1 saturated carbocycles. The van der Waals surface area contributed by atoms with Crippen molar-refractivity contribution in [3.63, 3.8) is 0 Å². The maximum atomic E-state index is 5.48. The molecule has 1 heterocycles. The third kappa shape index (κ3) is 1.21. The van der Waals surface area contributed by atoms with Crippen LogP contribution in [0.5, 0.6) is 5.75 Å². The predicted octanol–water partition coefficient (Wildman–Crippen LogP) is 2.71. The first kappa shape index (κ1) is 10.4. The molecule has 2 aliphatic rings. The SMILES string of the molecule is COc1ccc(C23CNCC2C3)c2ccccc12. The number of piperidine rings is 1. The van der Waals surface area contributed by atoms with Gasteiger partial charge in [0.05, 0.1) is 7.11 Å². The van der Waals surface area contributed by atoms with Crippen molar-refractivity contribution in [2.75, 3.05) is 20.2 Å². The Morgan fingerprint density at radius 2 is 2.00 bits per heavy atom. The Morgan fingerprint density at radius 3 is 2.67 bits per heavy atom. The fourth-order valence-electron chi connectivity index (χ4n) is 3.64. The van der Waals surface area contributed by atoms with Gasteiger partial charge in [-0.05, 0) is 35.9 Å². The molecule has 2 heteroatoms. The summed E-state index contributed by atoms with van der Waals surface area (Å²) in [6.07, 6.45) is 1.34. The van der Waals surface area contributed by atoms with E-state index in [0.717, 1.165) is 18.2 Å². The van der Waals surface area contributed by atoms with E-state index >= 15 is 0 Å². The summed E-state index contributed by atoms with van der Waals surface area (Å²) >= 11 is 0. The van der Waals surface area contributed by atoms with Crippen molar-refractivity contribution >= 4 is 10.8 Å². The minimum Gasteiger partial charge on any atom is -0.496 e. The zero-order chi connectivity index (χ0) is 12.2. The number of hydrogen-bond donors (Lipinski definition) is 1. The van der Waals surface area contributed by atoms with Crippen LogP contribution in [0.1, 0.15) is 12.0 Å². The third-order valence-corrected chi connectivity index (χ3v) is 4.70. The van der Waals surface area contributed by atoms with Crippen molar-refractivity contribution in [1.82, 2.24) is 5.32 Å². The Labute approximate surface area is 107 Å². The van der Waals surface area contributed by atoms with Crippen LogP contribution < -0.4 is 10.1 Å². The zero-order valence-corrected chi connectivity index (χ0v) is 10.6. The quantitative estimate of drug-likeness (QED) is 0.870. The minimum atomic E-state index is 0.409. The summed E-state index contributed by atoms with van der Waals surface area (Å²) in [7, 11) is 1.75. The van der Waals surface area contributed by atoms with E-state index in [9.17, 15) is 0 Å². The molecule has 2 fully saturated rings. The zero-order valence-electron chi connectivity index (χ0n) is 10.6. The van der Waals surface area contributed by atoms with Crippen LogP contribution in [0.15, 0.2) is 36.4 Å². The van der Waals surface area contributed by atoms with Crippen LogP contribution >= 0.6 is 0 Å². The summed E-state index contributed by atoms with van der Waals surface area (Å²) in [6, 6.07) is 13.0. The molecule has 0 bridgehead atoms. The van der Waals surface area contributed by atoms with E-state index < -0.39 is 0 Å². The Kier molecular flexibility index (Phi) is 2.01. The summed E-state index contributed by atoms with van der Waals surface area (Å²) in [5.41, 5.74) is 1.92. The Bertz CT molecular complexity index is 622. The molecule has 1 N–H and O–H groups in total. The molecular formula is C16H17NO. The molecule has 2 atom stereocenters. The molecule has 1 saturated heterocycles. The van der Waals surface area contributed by atoms with Crippen LogP contribution in [0.3, 0.4) is 0 Å². The highest BCUT2D eigenvalue weighted by Gasteiger charge is 2.58. The lowest BCUT2D eigenvalue weighted by Crippen LogP contribution is -2.19. The average molecular weight is 239 g/mol.